The van der Waals surface area contributed by atoms with E-state index in [0.29, 0.717) is 19.3 Å². The molecule has 4 aliphatic rings. The van der Waals surface area contributed by atoms with Crippen molar-refractivity contribution in [3.05, 3.63) is 12.2 Å². The van der Waals surface area contributed by atoms with Crippen molar-refractivity contribution in [3.8, 4) is 0 Å². The molecule has 3 saturated heterocycles. The third-order valence-corrected chi connectivity index (χ3v) is 9.74. The Morgan fingerprint density at radius 3 is 2.27 bits per heavy atom. The molecule has 0 aromatic heterocycles. The minimum atomic E-state index is -1.12. The third kappa shape index (κ3) is 11.3. The molecular formula is C35H52N6O11. The summed E-state index contributed by atoms with van der Waals surface area (Å²) in [5, 5.41) is 20.7. The molecule has 0 unspecified atom stereocenters. The van der Waals surface area contributed by atoms with Crippen LogP contribution in [0.1, 0.15) is 71.6 Å². The number of morpholine rings is 1. The second-order valence-corrected chi connectivity index (χ2v) is 14.3. The van der Waals surface area contributed by atoms with Crippen LogP contribution in [0.15, 0.2) is 12.2 Å². The minimum Gasteiger partial charge on any atom is -0.480 e. The summed E-state index contributed by atoms with van der Waals surface area (Å²) in [5.74, 6) is -4.50. The number of allylic oxidation sites excluding steroid dienone is 1. The molecule has 0 aromatic rings. The van der Waals surface area contributed by atoms with Crippen molar-refractivity contribution >= 4 is 47.3 Å². The molecule has 17 heteroatoms. The Morgan fingerprint density at radius 1 is 0.942 bits per heavy atom. The quantitative estimate of drug-likeness (QED) is 0.0899. The summed E-state index contributed by atoms with van der Waals surface area (Å²) < 4.78 is 10.2. The molecule has 1 saturated carbocycles. The number of carbonyl (C=O) groups excluding carboxylic acids is 7. The molecule has 0 radical (unpaired) electrons. The van der Waals surface area contributed by atoms with Gasteiger partial charge in [0.15, 0.2) is 0 Å². The van der Waals surface area contributed by atoms with Crippen LogP contribution in [0.2, 0.25) is 0 Å². The SMILES string of the molecule is COC(=O)/C=C/CC[C@H](NC(=O)[C@@H]1CC(=O)CN1)C(=O)N[C@@H](CC1CC1)C(=O)N1CCOC[C@H]1C(=O)N[C@@H](CC(C)C)C(=O)N1CCC[C@H]1C(=O)O. The zero-order chi connectivity index (χ0) is 37.9. The Kier molecular flexibility index (Phi) is 14.7. The number of carboxylic acids is 1. The number of carboxylic acid groups (broad SMARTS) is 1. The highest BCUT2D eigenvalue weighted by Gasteiger charge is 2.42. The van der Waals surface area contributed by atoms with Crippen molar-refractivity contribution in [1.82, 2.24) is 31.1 Å². The summed E-state index contributed by atoms with van der Waals surface area (Å²) in [6.07, 6.45) is 6.09. The monoisotopic (exact) mass is 732 g/mol. The molecule has 5 N–H and O–H groups in total. The Labute approximate surface area is 302 Å². The number of Topliss-reactive ketones (excluding diaryl/α,β-unsaturated/α-hetero) is 1. The number of hydrogen-bond acceptors (Lipinski definition) is 11. The van der Waals surface area contributed by atoms with Crippen LogP contribution < -0.4 is 21.3 Å². The first-order valence-electron chi connectivity index (χ1n) is 18.1. The van der Waals surface area contributed by atoms with Crippen molar-refractivity contribution < 1.29 is 52.9 Å². The number of ketones is 1. The van der Waals surface area contributed by atoms with Crippen molar-refractivity contribution in [2.24, 2.45) is 11.8 Å². The van der Waals surface area contributed by atoms with Gasteiger partial charge in [0.25, 0.3) is 0 Å². The molecule has 3 heterocycles. The van der Waals surface area contributed by atoms with Gasteiger partial charge < -0.3 is 40.3 Å². The van der Waals surface area contributed by atoms with E-state index in [1.54, 1.807) is 0 Å². The number of esters is 1. The fourth-order valence-corrected chi connectivity index (χ4v) is 6.76. The summed E-state index contributed by atoms with van der Waals surface area (Å²) in [7, 11) is 1.23. The number of aliphatic carboxylic acids is 1. The third-order valence-electron chi connectivity index (χ3n) is 9.74. The molecule has 4 rings (SSSR count). The van der Waals surface area contributed by atoms with Crippen LogP contribution in [-0.2, 0) is 47.8 Å². The van der Waals surface area contributed by atoms with E-state index in [1.807, 2.05) is 13.8 Å². The summed E-state index contributed by atoms with van der Waals surface area (Å²) in [6.45, 7) is 4.10. The van der Waals surface area contributed by atoms with E-state index < -0.39 is 77.7 Å². The van der Waals surface area contributed by atoms with Gasteiger partial charge in [-0.15, -0.1) is 0 Å². The van der Waals surface area contributed by atoms with E-state index in [9.17, 15) is 43.5 Å². The van der Waals surface area contributed by atoms with Gasteiger partial charge in [0.1, 0.15) is 36.0 Å². The topological polar surface area (TPSA) is 230 Å². The number of nitrogens with zero attached hydrogens (tertiary/aromatic N) is 2. The van der Waals surface area contributed by atoms with Crippen LogP contribution in [0.5, 0.6) is 0 Å². The van der Waals surface area contributed by atoms with Gasteiger partial charge in [-0.1, -0.05) is 32.8 Å². The largest absolute Gasteiger partial charge is 0.480 e. The van der Waals surface area contributed by atoms with Crippen molar-refractivity contribution in [2.75, 3.05) is 40.0 Å². The minimum absolute atomic E-state index is 0.0204. The number of amides is 5. The summed E-state index contributed by atoms with van der Waals surface area (Å²) in [4.78, 5) is 106. The summed E-state index contributed by atoms with van der Waals surface area (Å²) in [5.41, 5.74) is 0. The predicted molar refractivity (Wildman–Crippen MR) is 183 cm³/mol. The first kappa shape index (κ1) is 40.4. The first-order valence-corrected chi connectivity index (χ1v) is 18.1. The Hall–Kier alpha value is -4.38. The van der Waals surface area contributed by atoms with Gasteiger partial charge >= 0.3 is 11.9 Å². The molecule has 17 nitrogen and oxygen atoms in total. The lowest BCUT2D eigenvalue weighted by molar-refractivity contribution is -0.153. The lowest BCUT2D eigenvalue weighted by Gasteiger charge is -2.38. The van der Waals surface area contributed by atoms with E-state index in [4.69, 9.17) is 4.74 Å². The number of carbonyl (C=O) groups is 8. The van der Waals surface area contributed by atoms with Crippen LogP contribution >= 0.6 is 0 Å². The second kappa shape index (κ2) is 18.9. The predicted octanol–water partition coefficient (Wildman–Crippen LogP) is -0.970. The van der Waals surface area contributed by atoms with E-state index in [-0.39, 0.29) is 76.2 Å². The molecular weight excluding hydrogens is 680 g/mol. The Balaban J connectivity index is 1.49. The number of likely N-dealkylation sites (tertiary alicyclic amines) is 1. The van der Waals surface area contributed by atoms with Crippen LogP contribution in [-0.4, -0.2) is 138 Å². The number of rotatable bonds is 17. The zero-order valence-electron chi connectivity index (χ0n) is 30.1. The second-order valence-electron chi connectivity index (χ2n) is 14.3. The van der Waals surface area contributed by atoms with Gasteiger partial charge in [-0.2, -0.15) is 0 Å². The van der Waals surface area contributed by atoms with Crippen LogP contribution in [0.25, 0.3) is 0 Å². The maximum Gasteiger partial charge on any atom is 0.330 e. The van der Waals surface area contributed by atoms with E-state index in [1.165, 1.54) is 29.1 Å². The average molecular weight is 733 g/mol. The van der Waals surface area contributed by atoms with Gasteiger partial charge in [0, 0.05) is 25.6 Å². The number of ether oxygens (including phenoxy) is 2. The molecule has 1 aliphatic carbocycles. The van der Waals surface area contributed by atoms with Crippen molar-refractivity contribution in [1.29, 1.82) is 0 Å². The van der Waals surface area contributed by atoms with Gasteiger partial charge in [-0.3, -0.25) is 34.1 Å². The van der Waals surface area contributed by atoms with Gasteiger partial charge in [0.05, 0.1) is 32.9 Å². The van der Waals surface area contributed by atoms with Gasteiger partial charge in [-0.25, -0.2) is 9.59 Å². The highest BCUT2D eigenvalue weighted by Crippen LogP contribution is 2.34. The first-order chi connectivity index (χ1) is 24.8. The van der Waals surface area contributed by atoms with E-state index in [0.717, 1.165) is 12.8 Å². The van der Waals surface area contributed by atoms with E-state index in [2.05, 4.69) is 26.0 Å². The summed E-state index contributed by atoms with van der Waals surface area (Å²) in [6, 6.07) is -6.09. The Morgan fingerprint density at radius 2 is 1.63 bits per heavy atom. The highest BCUT2D eigenvalue weighted by atomic mass is 16.5. The molecule has 52 heavy (non-hydrogen) atoms. The molecule has 6 atom stereocenters. The zero-order valence-corrected chi connectivity index (χ0v) is 30.1. The molecule has 3 aliphatic heterocycles. The van der Waals surface area contributed by atoms with Crippen LogP contribution in [0, 0.1) is 11.8 Å². The van der Waals surface area contributed by atoms with E-state index >= 15 is 0 Å². The molecule has 0 bridgehead atoms. The fraction of sp³-hybridized carbons (Fsp3) is 0.714. The molecule has 288 valence electrons. The van der Waals surface area contributed by atoms with Crippen LogP contribution in [0.3, 0.4) is 0 Å². The van der Waals surface area contributed by atoms with Gasteiger partial charge in [0.2, 0.25) is 29.5 Å². The lowest BCUT2D eigenvalue weighted by atomic mass is 10.0. The molecule has 0 aromatic carbocycles. The molecule has 4 fully saturated rings. The van der Waals surface area contributed by atoms with Crippen molar-refractivity contribution in [2.45, 2.75) is 108 Å². The maximum atomic E-state index is 14.2. The van der Waals surface area contributed by atoms with Crippen molar-refractivity contribution in [3.63, 3.8) is 0 Å². The average Bonchev–Trinajstić information content (AvgIpc) is 3.59. The highest BCUT2D eigenvalue weighted by molar-refractivity contribution is 5.98. The Bertz CT molecular complexity index is 1400. The molecule has 0 spiro atoms. The summed E-state index contributed by atoms with van der Waals surface area (Å²) >= 11 is 0. The van der Waals surface area contributed by atoms with Gasteiger partial charge in [-0.05, 0) is 50.4 Å². The fourth-order valence-electron chi connectivity index (χ4n) is 6.76. The number of nitrogens with one attached hydrogen (secondary N) is 4. The lowest BCUT2D eigenvalue weighted by Crippen LogP contribution is -2.63. The number of hydrogen-bond donors (Lipinski definition) is 5. The number of methoxy groups -OCH3 is 1. The maximum absolute atomic E-state index is 14.2. The van der Waals surface area contributed by atoms with Crippen LogP contribution in [0.4, 0.5) is 0 Å². The normalized spacial score (nSPS) is 23.6. The smallest absolute Gasteiger partial charge is 0.330 e. The molecule has 5 amide bonds. The standard InChI is InChI=1S/C35H52N6O11/c1-20(2)15-25(33(47)40-12-6-8-27(40)35(49)50)39-32(46)28-19-52-14-13-41(28)34(48)26(16-21-10-11-21)38-30(44)23(7-4-5-9-29(43)51-3)37-31(45)24-17-22(42)18-36-24/h5,9,20-21,23-28,36H,4,6-8,10-19H2,1-3H3,(H,37,45)(H,38,44)(H,39,46)(H,49,50)/b9-5+/t23-,24-,25-,26-,27-,28-/m0/s1.